The quantitative estimate of drug-likeness (QED) is 0.694. The van der Waals surface area contributed by atoms with Gasteiger partial charge in [-0.05, 0) is 46.3 Å². The summed E-state index contributed by atoms with van der Waals surface area (Å²) in [6, 6.07) is 8.24. The first-order chi connectivity index (χ1) is 12.9. The molecule has 146 valence electrons. The van der Waals surface area contributed by atoms with Gasteiger partial charge in [-0.25, -0.2) is 8.42 Å². The summed E-state index contributed by atoms with van der Waals surface area (Å²) in [4.78, 5) is 13.5. The average Bonchev–Trinajstić information content (AvgIpc) is 3.11. The Bertz CT molecular complexity index is 923. The van der Waals surface area contributed by atoms with E-state index in [4.69, 9.17) is 9.47 Å². The summed E-state index contributed by atoms with van der Waals surface area (Å²) in [7, 11) is -2.38. The van der Waals surface area contributed by atoms with Crippen LogP contribution < -0.4 is 10.1 Å². The number of carbonyl (C=O) groups excluding carboxylic acids is 1. The van der Waals surface area contributed by atoms with Crippen molar-refractivity contribution >= 4 is 43.2 Å². The molecule has 2 aromatic rings. The van der Waals surface area contributed by atoms with E-state index in [9.17, 15) is 13.2 Å². The molecule has 0 saturated carbocycles. The van der Waals surface area contributed by atoms with Crippen LogP contribution in [0.3, 0.4) is 0 Å². The molecule has 0 spiro atoms. The molecule has 1 aromatic carbocycles. The van der Waals surface area contributed by atoms with Gasteiger partial charge in [0.25, 0.3) is 5.91 Å². The maximum absolute atomic E-state index is 13.0. The highest BCUT2D eigenvalue weighted by molar-refractivity contribution is 9.11. The lowest BCUT2D eigenvalue weighted by Gasteiger charge is -2.26. The van der Waals surface area contributed by atoms with Crippen LogP contribution in [0.15, 0.2) is 39.0 Å². The fraction of sp³-hybridized carbons (Fsp3) is 0.353. The van der Waals surface area contributed by atoms with E-state index in [1.54, 1.807) is 6.07 Å². The first kappa shape index (κ1) is 20.3. The van der Waals surface area contributed by atoms with Crippen LogP contribution in [-0.2, 0) is 21.3 Å². The lowest BCUT2D eigenvalue weighted by molar-refractivity contribution is 0.0729. The van der Waals surface area contributed by atoms with Gasteiger partial charge in [0, 0.05) is 23.5 Å². The molecule has 0 radical (unpaired) electrons. The van der Waals surface area contributed by atoms with Gasteiger partial charge in [0.1, 0.15) is 10.6 Å². The van der Waals surface area contributed by atoms with Crippen molar-refractivity contribution in [2.45, 2.75) is 11.4 Å². The number of sulfonamides is 1. The van der Waals surface area contributed by atoms with Gasteiger partial charge in [-0.2, -0.15) is 4.31 Å². The highest BCUT2D eigenvalue weighted by atomic mass is 79.9. The van der Waals surface area contributed by atoms with Crippen molar-refractivity contribution in [3.63, 3.8) is 0 Å². The van der Waals surface area contributed by atoms with Crippen molar-refractivity contribution in [1.29, 1.82) is 0 Å². The van der Waals surface area contributed by atoms with E-state index in [2.05, 4.69) is 21.2 Å². The van der Waals surface area contributed by atoms with Crippen LogP contribution >= 0.6 is 27.3 Å². The first-order valence-electron chi connectivity index (χ1n) is 8.20. The molecule has 27 heavy (non-hydrogen) atoms. The van der Waals surface area contributed by atoms with Crippen LogP contribution in [0.4, 0.5) is 0 Å². The van der Waals surface area contributed by atoms with Gasteiger partial charge in [0.2, 0.25) is 10.0 Å². The molecule has 1 saturated heterocycles. The third kappa shape index (κ3) is 4.69. The second-order valence-electron chi connectivity index (χ2n) is 5.77. The molecule has 1 amide bonds. The summed E-state index contributed by atoms with van der Waals surface area (Å²) in [5.74, 6) is -0.138. The maximum atomic E-state index is 13.0. The van der Waals surface area contributed by atoms with Gasteiger partial charge in [-0.15, -0.1) is 11.3 Å². The molecule has 0 aliphatic carbocycles. The van der Waals surface area contributed by atoms with Crippen molar-refractivity contribution < 1.29 is 22.7 Å². The molecule has 2 heterocycles. The van der Waals surface area contributed by atoms with Gasteiger partial charge in [-0.1, -0.05) is 0 Å². The van der Waals surface area contributed by atoms with E-state index in [1.165, 1.54) is 34.9 Å². The Hall–Kier alpha value is -1.46. The fourth-order valence-electron chi connectivity index (χ4n) is 2.66. The van der Waals surface area contributed by atoms with Gasteiger partial charge < -0.3 is 14.8 Å². The van der Waals surface area contributed by atoms with Gasteiger partial charge in [0.05, 0.1) is 30.7 Å². The van der Waals surface area contributed by atoms with Crippen LogP contribution in [0.2, 0.25) is 0 Å². The Labute approximate surface area is 170 Å². The number of thiophene rings is 1. The third-order valence-corrected chi connectivity index (χ3v) is 7.61. The number of morpholine rings is 1. The second kappa shape index (κ2) is 8.70. The highest BCUT2D eigenvalue weighted by Gasteiger charge is 2.30. The molecule has 1 fully saturated rings. The summed E-state index contributed by atoms with van der Waals surface area (Å²) in [5.41, 5.74) is 0.262. The van der Waals surface area contributed by atoms with E-state index >= 15 is 0 Å². The number of benzene rings is 1. The Morgan fingerprint density at radius 1 is 1.30 bits per heavy atom. The van der Waals surface area contributed by atoms with Gasteiger partial charge in [-0.3, -0.25) is 4.79 Å². The monoisotopic (exact) mass is 474 g/mol. The second-order valence-corrected chi connectivity index (χ2v) is 10.2. The molecule has 0 atom stereocenters. The number of nitrogens with zero attached hydrogens (tertiary/aromatic N) is 1. The molecule has 1 aromatic heterocycles. The molecule has 1 N–H and O–H groups in total. The standard InChI is InChI=1S/C17H19BrN2O5S2/c1-24-14-4-2-12(17(21)19-11-13-3-5-16(18)26-13)10-15(14)27(22,23)20-6-8-25-9-7-20/h2-5,10H,6-9,11H2,1H3,(H,19,21). The zero-order valence-electron chi connectivity index (χ0n) is 14.6. The number of rotatable bonds is 6. The maximum Gasteiger partial charge on any atom is 0.251 e. The summed E-state index contributed by atoms with van der Waals surface area (Å²) in [6.07, 6.45) is 0. The Morgan fingerprint density at radius 2 is 2.04 bits per heavy atom. The smallest absolute Gasteiger partial charge is 0.251 e. The fourth-order valence-corrected chi connectivity index (χ4v) is 5.67. The highest BCUT2D eigenvalue weighted by Crippen LogP contribution is 2.28. The molecule has 3 rings (SSSR count). The largest absolute Gasteiger partial charge is 0.495 e. The van der Waals surface area contributed by atoms with Crippen LogP contribution in [0, 0.1) is 0 Å². The zero-order chi connectivity index (χ0) is 19.4. The van der Waals surface area contributed by atoms with E-state index < -0.39 is 10.0 Å². The molecule has 1 aliphatic rings. The van der Waals surface area contributed by atoms with Crippen molar-refractivity contribution in [2.75, 3.05) is 33.4 Å². The summed E-state index contributed by atoms with van der Waals surface area (Å²) in [5, 5.41) is 2.81. The number of nitrogens with one attached hydrogen (secondary N) is 1. The number of hydrogen-bond acceptors (Lipinski definition) is 6. The number of amides is 1. The lowest BCUT2D eigenvalue weighted by atomic mass is 10.2. The van der Waals surface area contributed by atoms with Crippen LogP contribution in [0.1, 0.15) is 15.2 Å². The normalized spacial score (nSPS) is 15.5. The Balaban J connectivity index is 1.83. The predicted molar refractivity (Wildman–Crippen MR) is 106 cm³/mol. The topological polar surface area (TPSA) is 84.9 Å². The SMILES string of the molecule is COc1ccc(C(=O)NCc2ccc(Br)s2)cc1S(=O)(=O)N1CCOCC1. The summed E-state index contributed by atoms with van der Waals surface area (Å²) >= 11 is 4.91. The molecule has 1 aliphatic heterocycles. The van der Waals surface area contributed by atoms with E-state index in [0.717, 1.165) is 8.66 Å². The van der Waals surface area contributed by atoms with E-state index in [-0.39, 0.29) is 35.2 Å². The van der Waals surface area contributed by atoms with Crippen molar-refractivity contribution in [3.8, 4) is 5.75 Å². The molecular weight excluding hydrogens is 456 g/mol. The van der Waals surface area contributed by atoms with Crippen molar-refractivity contribution in [2.24, 2.45) is 0 Å². The van der Waals surface area contributed by atoms with Crippen LogP contribution in [0.5, 0.6) is 5.75 Å². The van der Waals surface area contributed by atoms with Gasteiger partial charge >= 0.3 is 0 Å². The van der Waals surface area contributed by atoms with E-state index in [1.807, 2.05) is 12.1 Å². The number of hydrogen-bond donors (Lipinski definition) is 1. The molecule has 0 bridgehead atoms. The average molecular weight is 475 g/mol. The minimum absolute atomic E-state index is 0.0154. The van der Waals surface area contributed by atoms with Crippen molar-refractivity contribution in [3.05, 3.63) is 44.6 Å². The zero-order valence-corrected chi connectivity index (χ0v) is 17.8. The van der Waals surface area contributed by atoms with E-state index in [0.29, 0.717) is 19.8 Å². The van der Waals surface area contributed by atoms with Crippen molar-refractivity contribution in [1.82, 2.24) is 9.62 Å². The summed E-state index contributed by atoms with van der Waals surface area (Å²) < 4.78 is 38.7. The van der Waals surface area contributed by atoms with Gasteiger partial charge in [0.15, 0.2) is 0 Å². The van der Waals surface area contributed by atoms with Crippen LogP contribution in [-0.4, -0.2) is 52.0 Å². The number of methoxy groups -OCH3 is 1. The molecule has 10 heteroatoms. The van der Waals surface area contributed by atoms with Crippen LogP contribution in [0.25, 0.3) is 0 Å². The Kier molecular flexibility index (Phi) is 6.53. The molecular formula is C17H19BrN2O5S2. The summed E-state index contributed by atoms with van der Waals surface area (Å²) in [6.45, 7) is 1.60. The minimum atomic E-state index is -3.78. The number of ether oxygens (including phenoxy) is 2. The lowest BCUT2D eigenvalue weighted by Crippen LogP contribution is -2.40. The number of halogens is 1. The Morgan fingerprint density at radius 3 is 2.67 bits per heavy atom. The molecule has 7 nitrogen and oxygen atoms in total. The molecule has 0 unspecified atom stereocenters. The first-order valence-corrected chi connectivity index (χ1v) is 11.2. The predicted octanol–water partition coefficient (Wildman–Crippen LogP) is 2.47. The minimum Gasteiger partial charge on any atom is -0.495 e. The third-order valence-electron chi connectivity index (χ3n) is 4.07. The number of carbonyl (C=O) groups is 1.